The molecule has 1 atom stereocenters. The molecule has 1 unspecified atom stereocenters. The molecule has 0 spiro atoms. The average molecular weight is 358 g/mol. The number of carboxylic acids is 1. The van der Waals surface area contributed by atoms with Crippen LogP contribution in [0.1, 0.15) is 17.3 Å². The molecule has 0 bridgehead atoms. The molecular weight excluding hydrogens is 350 g/mol. The van der Waals surface area contributed by atoms with Gasteiger partial charge in [0.15, 0.2) is 0 Å². The molecule has 9 heteroatoms. The minimum atomic E-state index is -5.21. The Morgan fingerprint density at radius 1 is 1.25 bits per heavy atom. The van der Waals surface area contributed by atoms with Crippen LogP contribution in [0.2, 0.25) is 0 Å². The lowest BCUT2D eigenvalue weighted by Gasteiger charge is -2.28. The summed E-state index contributed by atoms with van der Waals surface area (Å²) in [7, 11) is 0. The number of halogens is 5. The number of alkyl halides is 3. The van der Waals surface area contributed by atoms with E-state index in [1.165, 1.54) is 5.32 Å². The molecule has 1 amide bonds. The van der Waals surface area contributed by atoms with Gasteiger partial charge in [-0.1, -0.05) is 15.9 Å². The third-order valence-electron chi connectivity index (χ3n) is 2.48. The number of carbonyl (C=O) groups is 2. The number of hydrogen-bond donors (Lipinski definition) is 2. The first-order valence-corrected chi connectivity index (χ1v) is 5.85. The first-order valence-electron chi connectivity index (χ1n) is 5.06. The first kappa shape index (κ1) is 16.4. The highest BCUT2D eigenvalue weighted by Gasteiger charge is 2.58. The van der Waals surface area contributed by atoms with E-state index < -0.39 is 35.0 Å². The van der Waals surface area contributed by atoms with Gasteiger partial charge in [0.05, 0.1) is 0 Å². The zero-order valence-corrected chi connectivity index (χ0v) is 11.5. The van der Waals surface area contributed by atoms with Gasteiger partial charge >= 0.3 is 12.1 Å². The van der Waals surface area contributed by atoms with E-state index in [4.69, 9.17) is 5.11 Å². The number of nitrogens with one attached hydrogen (secondary N) is 1. The second-order valence-electron chi connectivity index (χ2n) is 4.04. The molecule has 0 aliphatic heterocycles. The van der Waals surface area contributed by atoms with Crippen molar-refractivity contribution in [3.63, 3.8) is 0 Å². The summed E-state index contributed by atoms with van der Waals surface area (Å²) in [6, 6.07) is 2.76. The Labute approximate surface area is 118 Å². The fourth-order valence-electron chi connectivity index (χ4n) is 1.23. The summed E-state index contributed by atoms with van der Waals surface area (Å²) in [6.07, 6.45) is -5.21. The van der Waals surface area contributed by atoms with Gasteiger partial charge in [-0.15, -0.1) is 0 Å². The van der Waals surface area contributed by atoms with Gasteiger partial charge in [-0.05, 0) is 25.1 Å². The van der Waals surface area contributed by atoms with Gasteiger partial charge < -0.3 is 10.4 Å². The maximum Gasteiger partial charge on any atom is 0.422 e. The molecule has 2 N–H and O–H groups in total. The first-order chi connectivity index (χ1) is 8.97. The molecule has 0 radical (unpaired) electrons. The van der Waals surface area contributed by atoms with Crippen molar-refractivity contribution in [2.75, 3.05) is 0 Å². The van der Waals surface area contributed by atoms with E-state index in [0.29, 0.717) is 13.0 Å². The highest BCUT2D eigenvalue weighted by molar-refractivity contribution is 9.10. The van der Waals surface area contributed by atoms with E-state index >= 15 is 0 Å². The standard InChI is InChI=1S/C11H8BrF4NO3/c1-10(9(19)20,11(14,15)16)17-8(18)5-2-6(12)4-7(13)3-5/h2-4H,1H3,(H,17,18)(H,19,20). The zero-order valence-electron chi connectivity index (χ0n) is 9.89. The molecule has 0 saturated carbocycles. The summed E-state index contributed by atoms with van der Waals surface area (Å²) >= 11 is 2.87. The normalized spacial score (nSPS) is 14.5. The van der Waals surface area contributed by atoms with Crippen LogP contribution in [0.3, 0.4) is 0 Å². The Bertz CT molecular complexity index is 541. The van der Waals surface area contributed by atoms with Crippen LogP contribution in [0, 0.1) is 5.82 Å². The Balaban J connectivity index is 3.13. The topological polar surface area (TPSA) is 66.4 Å². The molecule has 0 aromatic heterocycles. The number of amides is 1. The number of rotatable bonds is 3. The van der Waals surface area contributed by atoms with Crippen LogP contribution < -0.4 is 5.32 Å². The average Bonchev–Trinajstić information content (AvgIpc) is 2.25. The Morgan fingerprint density at radius 2 is 1.80 bits per heavy atom. The van der Waals surface area contributed by atoms with Crippen molar-refractivity contribution in [3.05, 3.63) is 34.1 Å². The van der Waals surface area contributed by atoms with Crippen LogP contribution in [0.25, 0.3) is 0 Å². The van der Waals surface area contributed by atoms with Gasteiger partial charge in [-0.25, -0.2) is 9.18 Å². The summed E-state index contributed by atoms with van der Waals surface area (Å²) in [5, 5.41) is 10.0. The number of hydrogen-bond acceptors (Lipinski definition) is 2. The highest BCUT2D eigenvalue weighted by atomic mass is 79.9. The smallest absolute Gasteiger partial charge is 0.422 e. The zero-order chi connectivity index (χ0) is 15.7. The summed E-state index contributed by atoms with van der Waals surface area (Å²) in [5.41, 5.74) is -3.91. The fourth-order valence-corrected chi connectivity index (χ4v) is 1.70. The maximum absolute atomic E-state index is 13.1. The van der Waals surface area contributed by atoms with Crippen molar-refractivity contribution in [1.29, 1.82) is 0 Å². The quantitative estimate of drug-likeness (QED) is 0.817. The number of carbonyl (C=O) groups excluding carboxylic acids is 1. The molecule has 0 saturated heterocycles. The Morgan fingerprint density at radius 3 is 2.20 bits per heavy atom. The largest absolute Gasteiger partial charge is 0.479 e. The molecule has 4 nitrogen and oxygen atoms in total. The van der Waals surface area contributed by atoms with Gasteiger partial charge in [0.2, 0.25) is 5.54 Å². The number of carboxylic acid groups (broad SMARTS) is 1. The van der Waals surface area contributed by atoms with Crippen molar-refractivity contribution in [1.82, 2.24) is 5.32 Å². The van der Waals surface area contributed by atoms with E-state index in [-0.39, 0.29) is 4.47 Å². The molecule has 0 aliphatic rings. The molecule has 1 rings (SSSR count). The summed E-state index contributed by atoms with van der Waals surface area (Å²) in [5.74, 6) is -4.48. The molecule has 20 heavy (non-hydrogen) atoms. The second kappa shape index (κ2) is 5.39. The van der Waals surface area contributed by atoms with Crippen LogP contribution in [0.5, 0.6) is 0 Å². The van der Waals surface area contributed by atoms with Crippen molar-refractivity contribution < 1.29 is 32.3 Å². The highest BCUT2D eigenvalue weighted by Crippen LogP contribution is 2.30. The predicted molar refractivity (Wildman–Crippen MR) is 63.7 cm³/mol. The monoisotopic (exact) mass is 357 g/mol. The van der Waals surface area contributed by atoms with E-state index in [1.54, 1.807) is 0 Å². The van der Waals surface area contributed by atoms with E-state index in [2.05, 4.69) is 15.9 Å². The third kappa shape index (κ3) is 3.27. The van der Waals surface area contributed by atoms with Gasteiger partial charge in [0.1, 0.15) is 5.82 Å². The minimum absolute atomic E-state index is 0.131. The molecule has 110 valence electrons. The number of benzene rings is 1. The van der Waals surface area contributed by atoms with Crippen LogP contribution in [0.15, 0.2) is 22.7 Å². The van der Waals surface area contributed by atoms with Gasteiger partial charge in [0, 0.05) is 10.0 Å². The van der Waals surface area contributed by atoms with Gasteiger partial charge in [-0.3, -0.25) is 4.79 Å². The molecule has 1 aromatic carbocycles. The minimum Gasteiger partial charge on any atom is -0.479 e. The summed E-state index contributed by atoms with van der Waals surface area (Å²) in [4.78, 5) is 22.4. The summed E-state index contributed by atoms with van der Waals surface area (Å²) < 4.78 is 51.3. The predicted octanol–water partition coefficient (Wildman–Crippen LogP) is 2.72. The number of aliphatic carboxylic acids is 1. The van der Waals surface area contributed by atoms with E-state index in [9.17, 15) is 27.2 Å². The van der Waals surface area contributed by atoms with Crippen molar-refractivity contribution in [3.8, 4) is 0 Å². The van der Waals surface area contributed by atoms with Gasteiger partial charge in [0.25, 0.3) is 5.91 Å². The second-order valence-corrected chi connectivity index (χ2v) is 4.96. The Kier molecular flexibility index (Phi) is 4.42. The van der Waals surface area contributed by atoms with Crippen LogP contribution in [-0.4, -0.2) is 28.7 Å². The lowest BCUT2D eigenvalue weighted by Crippen LogP contribution is -2.61. The molecule has 1 aromatic rings. The van der Waals surface area contributed by atoms with Crippen molar-refractivity contribution in [2.45, 2.75) is 18.6 Å². The van der Waals surface area contributed by atoms with Gasteiger partial charge in [-0.2, -0.15) is 13.2 Å². The molecule has 0 aliphatic carbocycles. The molecule has 0 heterocycles. The van der Waals surface area contributed by atoms with Crippen molar-refractivity contribution in [2.24, 2.45) is 0 Å². The Hall–Kier alpha value is -1.64. The van der Waals surface area contributed by atoms with Crippen LogP contribution in [-0.2, 0) is 4.79 Å². The summed E-state index contributed by atoms with van der Waals surface area (Å²) in [6.45, 7) is 0.307. The van der Waals surface area contributed by atoms with Crippen molar-refractivity contribution >= 4 is 27.8 Å². The maximum atomic E-state index is 13.1. The van der Waals surface area contributed by atoms with Crippen LogP contribution in [0.4, 0.5) is 17.6 Å². The fraction of sp³-hybridized carbons (Fsp3) is 0.273. The lowest BCUT2D eigenvalue weighted by atomic mass is 10.0. The van der Waals surface area contributed by atoms with E-state index in [1.807, 2.05) is 0 Å². The third-order valence-corrected chi connectivity index (χ3v) is 2.94. The van der Waals surface area contributed by atoms with Crippen LogP contribution >= 0.6 is 15.9 Å². The SMILES string of the molecule is CC(NC(=O)c1cc(F)cc(Br)c1)(C(=O)O)C(F)(F)F. The lowest BCUT2D eigenvalue weighted by molar-refractivity contribution is -0.203. The molecule has 0 fully saturated rings. The van der Waals surface area contributed by atoms with E-state index in [0.717, 1.165) is 12.1 Å². The molecular formula is C11H8BrF4NO3.